The van der Waals surface area contributed by atoms with Crippen LogP contribution in [0.4, 0.5) is 0 Å². The molecule has 31 heavy (non-hydrogen) atoms. The van der Waals surface area contributed by atoms with Crippen LogP contribution in [0.2, 0.25) is 0 Å². The number of amides is 1. The van der Waals surface area contributed by atoms with Crippen LogP contribution in [0, 0.1) is 0 Å². The first-order valence-electron chi connectivity index (χ1n) is 9.83. The van der Waals surface area contributed by atoms with Crippen LogP contribution in [-0.4, -0.2) is 33.1 Å². The van der Waals surface area contributed by atoms with Crippen LogP contribution in [0.5, 0.6) is 6.01 Å². The SMILES string of the molecule is CCOc1nc2cccc(C(=O)O)c2n1Cc1ccc(-c2ccccc2C(N)=O)cc1. The second-order valence-corrected chi connectivity index (χ2v) is 7.00. The number of carboxylic acids is 1. The van der Waals surface area contributed by atoms with E-state index in [0.717, 1.165) is 16.7 Å². The molecule has 7 heteroatoms. The van der Waals surface area contributed by atoms with E-state index in [0.29, 0.717) is 35.8 Å². The van der Waals surface area contributed by atoms with Crippen LogP contribution in [0.3, 0.4) is 0 Å². The molecule has 0 aliphatic heterocycles. The van der Waals surface area contributed by atoms with Gasteiger partial charge in [-0.15, -0.1) is 0 Å². The van der Waals surface area contributed by atoms with Crippen molar-refractivity contribution in [1.29, 1.82) is 0 Å². The molecular weight excluding hydrogens is 394 g/mol. The van der Waals surface area contributed by atoms with E-state index in [1.54, 1.807) is 34.9 Å². The molecule has 0 bridgehead atoms. The zero-order valence-electron chi connectivity index (χ0n) is 16.9. The molecule has 0 radical (unpaired) electrons. The topological polar surface area (TPSA) is 107 Å². The zero-order chi connectivity index (χ0) is 22.0. The van der Waals surface area contributed by atoms with Gasteiger partial charge in [0.05, 0.1) is 29.7 Å². The molecule has 0 fully saturated rings. The summed E-state index contributed by atoms with van der Waals surface area (Å²) in [6, 6.07) is 20.2. The number of aromatic carboxylic acids is 1. The first-order valence-corrected chi connectivity index (χ1v) is 9.83. The molecule has 0 aliphatic carbocycles. The molecule has 0 spiro atoms. The van der Waals surface area contributed by atoms with Crippen LogP contribution in [0.15, 0.2) is 66.7 Å². The van der Waals surface area contributed by atoms with Gasteiger partial charge in [-0.25, -0.2) is 4.79 Å². The third-order valence-corrected chi connectivity index (χ3v) is 5.03. The number of para-hydroxylation sites is 1. The lowest BCUT2D eigenvalue weighted by molar-refractivity contribution is 0.0698. The molecule has 4 aromatic rings. The van der Waals surface area contributed by atoms with Gasteiger partial charge < -0.3 is 15.6 Å². The Hall–Kier alpha value is -4.13. The van der Waals surface area contributed by atoms with Gasteiger partial charge in [0, 0.05) is 5.56 Å². The number of ether oxygens (including phenoxy) is 1. The molecule has 3 N–H and O–H groups in total. The number of hydrogen-bond donors (Lipinski definition) is 2. The van der Waals surface area contributed by atoms with E-state index in [-0.39, 0.29) is 5.56 Å². The van der Waals surface area contributed by atoms with Gasteiger partial charge in [0.1, 0.15) is 0 Å². The monoisotopic (exact) mass is 415 g/mol. The van der Waals surface area contributed by atoms with Crippen molar-refractivity contribution in [3.05, 3.63) is 83.4 Å². The minimum atomic E-state index is -1.02. The second kappa shape index (κ2) is 8.31. The number of nitrogens with two attached hydrogens (primary N) is 1. The van der Waals surface area contributed by atoms with E-state index < -0.39 is 11.9 Å². The Kier molecular flexibility index (Phi) is 5.41. The Morgan fingerprint density at radius 2 is 1.71 bits per heavy atom. The van der Waals surface area contributed by atoms with Crippen LogP contribution in [0.1, 0.15) is 33.2 Å². The lowest BCUT2D eigenvalue weighted by atomic mass is 9.98. The fraction of sp³-hybridized carbons (Fsp3) is 0.125. The second-order valence-electron chi connectivity index (χ2n) is 7.00. The van der Waals surface area contributed by atoms with Crippen molar-refractivity contribution in [3.8, 4) is 17.1 Å². The predicted octanol–water partition coefficient (Wildman–Crippen LogP) is 3.95. The predicted molar refractivity (Wildman–Crippen MR) is 117 cm³/mol. The highest BCUT2D eigenvalue weighted by atomic mass is 16.5. The molecule has 3 aromatic carbocycles. The quantitative estimate of drug-likeness (QED) is 0.475. The number of nitrogens with zero attached hydrogens (tertiary/aromatic N) is 2. The third kappa shape index (κ3) is 3.85. The first kappa shape index (κ1) is 20.2. The van der Waals surface area contributed by atoms with E-state index in [1.165, 1.54) is 0 Å². The Balaban J connectivity index is 1.74. The molecule has 0 saturated heterocycles. The van der Waals surface area contributed by atoms with Gasteiger partial charge in [-0.2, -0.15) is 4.98 Å². The molecular formula is C24H21N3O4. The molecule has 156 valence electrons. The Morgan fingerprint density at radius 3 is 2.39 bits per heavy atom. The summed E-state index contributed by atoms with van der Waals surface area (Å²) >= 11 is 0. The van der Waals surface area contributed by atoms with E-state index in [1.807, 2.05) is 43.3 Å². The normalized spacial score (nSPS) is 10.9. The molecule has 1 heterocycles. The van der Waals surface area contributed by atoms with Crippen molar-refractivity contribution in [2.75, 3.05) is 6.61 Å². The van der Waals surface area contributed by atoms with Gasteiger partial charge in [0.25, 0.3) is 6.01 Å². The van der Waals surface area contributed by atoms with Gasteiger partial charge in [-0.1, -0.05) is 48.5 Å². The van der Waals surface area contributed by atoms with Gasteiger partial charge in [0.2, 0.25) is 5.91 Å². The number of fused-ring (bicyclic) bond motifs is 1. The van der Waals surface area contributed by atoms with Gasteiger partial charge in [-0.05, 0) is 41.8 Å². The number of carbonyl (C=O) groups excluding carboxylic acids is 1. The smallest absolute Gasteiger partial charge is 0.337 e. The fourth-order valence-corrected chi connectivity index (χ4v) is 3.64. The Bertz CT molecular complexity index is 1280. The minimum Gasteiger partial charge on any atom is -0.478 e. The summed E-state index contributed by atoms with van der Waals surface area (Å²) in [5.74, 6) is -1.50. The van der Waals surface area contributed by atoms with Gasteiger partial charge >= 0.3 is 5.97 Å². The number of imidazole rings is 1. The highest BCUT2D eigenvalue weighted by Crippen LogP contribution is 2.28. The van der Waals surface area contributed by atoms with Crippen molar-refractivity contribution in [2.24, 2.45) is 5.73 Å². The largest absolute Gasteiger partial charge is 0.478 e. The summed E-state index contributed by atoms with van der Waals surface area (Å²) in [7, 11) is 0. The summed E-state index contributed by atoms with van der Waals surface area (Å²) in [6.07, 6.45) is 0. The van der Waals surface area contributed by atoms with Crippen molar-refractivity contribution in [3.63, 3.8) is 0 Å². The molecule has 0 unspecified atom stereocenters. The van der Waals surface area contributed by atoms with Crippen LogP contribution in [-0.2, 0) is 6.54 Å². The number of hydrogen-bond acceptors (Lipinski definition) is 4. The lowest BCUT2D eigenvalue weighted by Gasteiger charge is -2.12. The van der Waals surface area contributed by atoms with E-state index >= 15 is 0 Å². The molecule has 0 saturated carbocycles. The van der Waals surface area contributed by atoms with Gasteiger partial charge in [0.15, 0.2) is 0 Å². The van der Waals surface area contributed by atoms with Crippen LogP contribution < -0.4 is 10.5 Å². The van der Waals surface area contributed by atoms with Crippen LogP contribution in [0.25, 0.3) is 22.2 Å². The summed E-state index contributed by atoms with van der Waals surface area (Å²) < 4.78 is 7.44. The molecule has 1 amide bonds. The lowest BCUT2D eigenvalue weighted by Crippen LogP contribution is -2.12. The summed E-state index contributed by atoms with van der Waals surface area (Å²) in [5.41, 5.74) is 9.77. The summed E-state index contributed by atoms with van der Waals surface area (Å²) in [6.45, 7) is 2.65. The number of carbonyl (C=O) groups is 2. The maximum Gasteiger partial charge on any atom is 0.337 e. The first-order chi connectivity index (χ1) is 15.0. The highest BCUT2D eigenvalue weighted by Gasteiger charge is 2.19. The maximum absolute atomic E-state index is 11.8. The number of primary amides is 1. The van der Waals surface area contributed by atoms with Gasteiger partial charge in [-0.3, -0.25) is 9.36 Å². The summed E-state index contributed by atoms with van der Waals surface area (Å²) in [5, 5.41) is 9.63. The number of carboxylic acid groups (broad SMARTS) is 1. The molecule has 0 aliphatic rings. The van der Waals surface area contributed by atoms with E-state index in [9.17, 15) is 14.7 Å². The van der Waals surface area contributed by atoms with E-state index in [2.05, 4.69) is 4.98 Å². The highest BCUT2D eigenvalue weighted by molar-refractivity contribution is 6.01. The average molecular weight is 415 g/mol. The zero-order valence-corrected chi connectivity index (χ0v) is 16.9. The number of benzene rings is 3. The number of rotatable bonds is 7. The molecule has 7 nitrogen and oxygen atoms in total. The number of aromatic nitrogens is 2. The van der Waals surface area contributed by atoms with Crippen LogP contribution >= 0.6 is 0 Å². The standard InChI is InChI=1S/C24H21N3O4/c1-2-31-24-26-20-9-5-8-19(23(29)30)21(20)27(24)14-15-10-12-16(13-11-15)17-6-3-4-7-18(17)22(25)28/h3-13H,2,14H2,1H3,(H2,25,28)(H,29,30). The van der Waals surface area contributed by atoms with Crippen molar-refractivity contribution >= 4 is 22.9 Å². The van der Waals surface area contributed by atoms with Crippen molar-refractivity contribution in [1.82, 2.24) is 9.55 Å². The Labute approximate surface area is 178 Å². The molecule has 0 atom stereocenters. The van der Waals surface area contributed by atoms with Crippen molar-refractivity contribution in [2.45, 2.75) is 13.5 Å². The average Bonchev–Trinajstić information content (AvgIpc) is 3.11. The maximum atomic E-state index is 11.8. The fourth-order valence-electron chi connectivity index (χ4n) is 3.64. The summed E-state index contributed by atoms with van der Waals surface area (Å²) in [4.78, 5) is 28.0. The Morgan fingerprint density at radius 1 is 1.00 bits per heavy atom. The van der Waals surface area contributed by atoms with Crippen molar-refractivity contribution < 1.29 is 19.4 Å². The molecule has 4 rings (SSSR count). The molecule has 1 aromatic heterocycles. The third-order valence-electron chi connectivity index (χ3n) is 5.03. The van der Waals surface area contributed by atoms with E-state index in [4.69, 9.17) is 10.5 Å². The minimum absolute atomic E-state index is 0.169.